The molecule has 0 heterocycles. The number of carbonyl (C=O) groups is 2. The molecule has 0 atom stereocenters. The van der Waals surface area contributed by atoms with E-state index >= 15 is 0 Å². The Kier molecular flexibility index (Phi) is 4.55. The maximum atomic E-state index is 13.5. The van der Waals surface area contributed by atoms with Crippen LogP contribution in [0.4, 0.5) is 8.78 Å². The molecule has 23 heavy (non-hydrogen) atoms. The number of rotatable bonds is 4. The summed E-state index contributed by atoms with van der Waals surface area (Å²) >= 11 is 0. The van der Waals surface area contributed by atoms with Gasteiger partial charge in [-0.15, -0.1) is 0 Å². The van der Waals surface area contributed by atoms with Crippen molar-refractivity contribution >= 4 is 21.7 Å². The van der Waals surface area contributed by atoms with Crippen LogP contribution >= 0.6 is 0 Å². The first kappa shape index (κ1) is 16.8. The third-order valence-electron chi connectivity index (χ3n) is 2.97. The number of hydrogen-bond donors (Lipinski definition) is 1. The van der Waals surface area contributed by atoms with Gasteiger partial charge in [-0.05, 0) is 37.3 Å². The maximum absolute atomic E-state index is 13.5. The van der Waals surface area contributed by atoms with Crippen molar-refractivity contribution in [3.05, 3.63) is 65.2 Å². The second kappa shape index (κ2) is 6.25. The molecule has 2 aromatic rings. The fourth-order valence-electron chi connectivity index (χ4n) is 1.78. The molecule has 2 aromatic carbocycles. The van der Waals surface area contributed by atoms with Crippen LogP contribution in [-0.2, 0) is 10.0 Å². The molecule has 0 fully saturated rings. The van der Waals surface area contributed by atoms with Gasteiger partial charge < -0.3 is 0 Å². The molecule has 0 saturated carbocycles. The highest BCUT2D eigenvalue weighted by Crippen LogP contribution is 2.14. The zero-order chi connectivity index (χ0) is 17.2. The van der Waals surface area contributed by atoms with E-state index in [9.17, 15) is 26.8 Å². The number of benzene rings is 2. The van der Waals surface area contributed by atoms with E-state index in [2.05, 4.69) is 0 Å². The Morgan fingerprint density at radius 1 is 1.00 bits per heavy atom. The normalized spacial score (nSPS) is 11.1. The van der Waals surface area contributed by atoms with Gasteiger partial charge in [0.25, 0.3) is 15.9 Å². The van der Waals surface area contributed by atoms with E-state index in [1.165, 1.54) is 19.1 Å². The Bertz CT molecular complexity index is 877. The zero-order valence-electron chi connectivity index (χ0n) is 11.8. The van der Waals surface area contributed by atoms with Crippen molar-refractivity contribution in [2.24, 2.45) is 0 Å². The average Bonchev–Trinajstić information content (AvgIpc) is 2.49. The lowest BCUT2D eigenvalue weighted by Crippen LogP contribution is -2.31. The topological polar surface area (TPSA) is 80.3 Å². The van der Waals surface area contributed by atoms with Gasteiger partial charge in [-0.2, -0.15) is 0 Å². The van der Waals surface area contributed by atoms with E-state index in [-0.39, 0.29) is 10.7 Å². The highest BCUT2D eigenvalue weighted by atomic mass is 32.2. The van der Waals surface area contributed by atoms with Gasteiger partial charge in [-0.1, -0.05) is 12.1 Å². The lowest BCUT2D eigenvalue weighted by atomic mass is 10.2. The van der Waals surface area contributed by atoms with Crippen molar-refractivity contribution in [2.45, 2.75) is 11.8 Å². The lowest BCUT2D eigenvalue weighted by molar-refractivity contribution is 0.0974. The second-order valence-corrected chi connectivity index (χ2v) is 6.32. The lowest BCUT2D eigenvalue weighted by Gasteiger charge is -2.08. The largest absolute Gasteiger partial charge is 0.295 e. The fraction of sp³-hybridized carbons (Fsp3) is 0.0667. The predicted molar refractivity (Wildman–Crippen MR) is 77.5 cm³/mol. The molecule has 120 valence electrons. The quantitative estimate of drug-likeness (QED) is 0.867. The van der Waals surface area contributed by atoms with Crippen molar-refractivity contribution < 1.29 is 26.8 Å². The van der Waals surface area contributed by atoms with Crippen LogP contribution in [0.25, 0.3) is 0 Å². The molecule has 0 aliphatic carbocycles. The highest BCUT2D eigenvalue weighted by Gasteiger charge is 2.21. The van der Waals surface area contributed by atoms with Crippen molar-refractivity contribution in [3.8, 4) is 0 Å². The zero-order valence-corrected chi connectivity index (χ0v) is 12.7. The summed E-state index contributed by atoms with van der Waals surface area (Å²) in [5.41, 5.74) is -0.430. The highest BCUT2D eigenvalue weighted by molar-refractivity contribution is 7.90. The van der Waals surface area contributed by atoms with Gasteiger partial charge in [0.1, 0.15) is 11.6 Å². The second-order valence-electron chi connectivity index (χ2n) is 4.64. The average molecular weight is 339 g/mol. The number of nitrogens with one attached hydrogen (secondary N) is 1. The first-order valence-corrected chi connectivity index (χ1v) is 7.82. The van der Waals surface area contributed by atoms with Gasteiger partial charge >= 0.3 is 0 Å². The van der Waals surface area contributed by atoms with Crippen LogP contribution in [-0.4, -0.2) is 20.1 Å². The molecular weight excluding hydrogens is 328 g/mol. The van der Waals surface area contributed by atoms with E-state index in [0.717, 1.165) is 24.3 Å². The van der Waals surface area contributed by atoms with E-state index in [1.807, 2.05) is 0 Å². The minimum atomic E-state index is -4.28. The number of carbonyl (C=O) groups excluding carboxylic acids is 2. The van der Waals surface area contributed by atoms with Crippen LogP contribution in [0.2, 0.25) is 0 Å². The van der Waals surface area contributed by atoms with Gasteiger partial charge in [-0.3, -0.25) is 9.59 Å². The molecular formula is C15H11F2NO4S. The summed E-state index contributed by atoms with van der Waals surface area (Å²) in [7, 11) is -4.28. The number of hydrogen-bond acceptors (Lipinski definition) is 4. The Morgan fingerprint density at radius 2 is 1.61 bits per heavy atom. The molecule has 2 rings (SSSR count). The summed E-state index contributed by atoms with van der Waals surface area (Å²) in [5, 5.41) is 0. The van der Waals surface area contributed by atoms with E-state index in [0.29, 0.717) is 11.6 Å². The summed E-state index contributed by atoms with van der Waals surface area (Å²) in [6.07, 6.45) is 0. The van der Waals surface area contributed by atoms with Crippen molar-refractivity contribution in [3.63, 3.8) is 0 Å². The SMILES string of the molecule is CC(=O)c1ccc(S(=O)(=O)NC(=O)c2cc(F)ccc2F)cc1. The van der Waals surface area contributed by atoms with Crippen molar-refractivity contribution in [2.75, 3.05) is 0 Å². The van der Waals surface area contributed by atoms with Gasteiger partial charge in [0, 0.05) is 5.56 Å². The van der Waals surface area contributed by atoms with Crippen LogP contribution < -0.4 is 4.72 Å². The Morgan fingerprint density at radius 3 is 2.17 bits per heavy atom. The van der Waals surface area contributed by atoms with Crippen LogP contribution in [0.5, 0.6) is 0 Å². The van der Waals surface area contributed by atoms with E-state index < -0.39 is 33.1 Å². The molecule has 0 aromatic heterocycles. The van der Waals surface area contributed by atoms with Crippen LogP contribution in [0.1, 0.15) is 27.6 Å². The van der Waals surface area contributed by atoms with Crippen molar-refractivity contribution in [1.29, 1.82) is 0 Å². The van der Waals surface area contributed by atoms with Gasteiger partial charge in [0.2, 0.25) is 0 Å². The van der Waals surface area contributed by atoms with Crippen LogP contribution in [0, 0.1) is 11.6 Å². The summed E-state index contributed by atoms with van der Waals surface area (Å²) < 4.78 is 52.3. The molecule has 1 N–H and O–H groups in total. The van der Waals surface area contributed by atoms with Gasteiger partial charge in [-0.25, -0.2) is 21.9 Å². The van der Waals surface area contributed by atoms with Crippen LogP contribution in [0.3, 0.4) is 0 Å². The Hall–Kier alpha value is -2.61. The summed E-state index contributed by atoms with van der Waals surface area (Å²) in [6.45, 7) is 1.32. The first-order valence-electron chi connectivity index (χ1n) is 6.34. The number of amides is 1. The molecule has 0 saturated heterocycles. The molecule has 8 heteroatoms. The van der Waals surface area contributed by atoms with Gasteiger partial charge in [0.05, 0.1) is 10.5 Å². The first-order chi connectivity index (χ1) is 10.7. The maximum Gasteiger partial charge on any atom is 0.268 e. The standard InChI is InChI=1S/C15H11F2NO4S/c1-9(19)10-2-5-12(6-3-10)23(21,22)18-15(20)13-8-11(16)4-7-14(13)17/h2-8H,1H3,(H,18,20). The summed E-state index contributed by atoms with van der Waals surface area (Å²) in [5.74, 6) is -3.47. The molecule has 0 bridgehead atoms. The smallest absolute Gasteiger partial charge is 0.268 e. The predicted octanol–water partition coefficient (Wildman–Crippen LogP) is 2.29. The summed E-state index contributed by atoms with van der Waals surface area (Å²) in [4.78, 5) is 22.7. The number of Topliss-reactive ketones (excluding diaryl/α,β-unsaturated/α-hetero) is 1. The number of ketones is 1. The van der Waals surface area contributed by atoms with Crippen LogP contribution in [0.15, 0.2) is 47.4 Å². The third-order valence-corrected chi connectivity index (χ3v) is 4.32. The number of halogens is 2. The molecule has 0 spiro atoms. The molecule has 0 aliphatic heterocycles. The molecule has 5 nitrogen and oxygen atoms in total. The van der Waals surface area contributed by atoms with E-state index in [1.54, 1.807) is 4.72 Å². The minimum Gasteiger partial charge on any atom is -0.295 e. The molecule has 0 radical (unpaired) electrons. The Labute approximate surface area is 131 Å². The summed E-state index contributed by atoms with van der Waals surface area (Å²) in [6, 6.07) is 6.95. The fourth-order valence-corrected chi connectivity index (χ4v) is 2.74. The Balaban J connectivity index is 2.28. The molecule has 1 amide bonds. The van der Waals surface area contributed by atoms with Gasteiger partial charge in [0.15, 0.2) is 5.78 Å². The molecule has 0 unspecified atom stereocenters. The van der Waals surface area contributed by atoms with E-state index in [4.69, 9.17) is 0 Å². The molecule has 0 aliphatic rings. The minimum absolute atomic E-state index is 0.250. The third kappa shape index (κ3) is 3.78. The van der Waals surface area contributed by atoms with Crippen molar-refractivity contribution in [1.82, 2.24) is 4.72 Å². The number of sulfonamides is 1. The monoisotopic (exact) mass is 339 g/mol.